The first-order valence-electron chi connectivity index (χ1n) is 15.2. The summed E-state index contributed by atoms with van der Waals surface area (Å²) in [6, 6.07) is 22.8. The van der Waals surface area contributed by atoms with Gasteiger partial charge in [-0.2, -0.15) is 9.57 Å². The Kier molecular flexibility index (Phi) is 10.5. The second-order valence-corrected chi connectivity index (χ2v) is 16.1. The van der Waals surface area contributed by atoms with E-state index < -0.39 is 31.8 Å². The molecule has 2 aliphatic heterocycles. The number of nitrogens with zero attached hydrogens (tertiary/aromatic N) is 3. The van der Waals surface area contributed by atoms with Gasteiger partial charge in [0.25, 0.3) is 0 Å². The van der Waals surface area contributed by atoms with Crippen LogP contribution < -0.4 is 10.1 Å². The third kappa shape index (κ3) is 7.78. The Morgan fingerprint density at radius 2 is 1.72 bits per heavy atom. The van der Waals surface area contributed by atoms with Crippen molar-refractivity contribution in [2.45, 2.75) is 53.2 Å². The first-order chi connectivity index (χ1) is 21.9. The second-order valence-electron chi connectivity index (χ2n) is 12.0. The highest BCUT2D eigenvalue weighted by atomic mass is 32.2. The van der Waals surface area contributed by atoms with E-state index >= 15 is 0 Å². The van der Waals surface area contributed by atoms with Crippen LogP contribution in [-0.4, -0.2) is 95.2 Å². The smallest absolute Gasteiger partial charge is 0.243 e. The van der Waals surface area contributed by atoms with Gasteiger partial charge in [-0.15, -0.1) is 0 Å². The molecule has 0 bridgehead atoms. The highest BCUT2D eigenvalue weighted by molar-refractivity contribution is 7.89. The van der Waals surface area contributed by atoms with Gasteiger partial charge < -0.3 is 19.9 Å². The highest BCUT2D eigenvalue weighted by Crippen LogP contribution is 2.37. The summed E-state index contributed by atoms with van der Waals surface area (Å²) in [7, 11) is -4.37. The SMILES string of the molecule is CN(C)S(=O)(=O)c1cccc(OCC(O)CNC2COC3(CCN(S(=O)(=O)c4cccc(-c5ccc(CC#N)cc5)c4)CC3)C2)c1. The third-order valence-corrected chi connectivity index (χ3v) is 12.3. The monoisotopic (exact) mass is 668 g/mol. The molecule has 0 radical (unpaired) electrons. The minimum atomic E-state index is -3.70. The van der Waals surface area contributed by atoms with Crippen LogP contribution >= 0.6 is 0 Å². The summed E-state index contributed by atoms with van der Waals surface area (Å²) in [4.78, 5) is 0.360. The summed E-state index contributed by atoms with van der Waals surface area (Å²) in [5.74, 6) is 0.351. The molecule has 2 aliphatic rings. The zero-order valence-corrected chi connectivity index (χ0v) is 27.6. The molecule has 2 fully saturated rings. The maximum atomic E-state index is 13.6. The number of hydrogen-bond donors (Lipinski definition) is 2. The molecule has 3 aromatic rings. The molecule has 2 saturated heterocycles. The van der Waals surface area contributed by atoms with E-state index in [0.29, 0.717) is 51.1 Å². The zero-order valence-electron chi connectivity index (χ0n) is 26.0. The van der Waals surface area contributed by atoms with E-state index in [2.05, 4.69) is 11.4 Å². The van der Waals surface area contributed by atoms with E-state index in [1.807, 2.05) is 30.3 Å². The predicted octanol–water partition coefficient (Wildman–Crippen LogP) is 3.01. The van der Waals surface area contributed by atoms with Crippen LogP contribution in [0.25, 0.3) is 11.1 Å². The number of nitriles is 1. The predicted molar refractivity (Wildman–Crippen MR) is 173 cm³/mol. The lowest BCUT2D eigenvalue weighted by Crippen LogP contribution is -2.47. The number of aliphatic hydroxyl groups excluding tert-OH is 1. The molecule has 2 unspecified atom stereocenters. The van der Waals surface area contributed by atoms with Crippen LogP contribution in [0.1, 0.15) is 24.8 Å². The van der Waals surface area contributed by atoms with Gasteiger partial charge in [0.1, 0.15) is 18.5 Å². The number of ether oxygens (including phenoxy) is 2. The van der Waals surface area contributed by atoms with E-state index in [4.69, 9.17) is 14.7 Å². The van der Waals surface area contributed by atoms with E-state index in [1.165, 1.54) is 30.5 Å². The molecule has 3 aromatic carbocycles. The van der Waals surface area contributed by atoms with Crippen molar-refractivity contribution in [3.05, 3.63) is 78.4 Å². The van der Waals surface area contributed by atoms with Crippen LogP contribution in [0.3, 0.4) is 0 Å². The fourth-order valence-corrected chi connectivity index (χ4v) is 8.26. The summed E-state index contributed by atoms with van der Waals surface area (Å²) in [5, 5.41) is 22.7. The van der Waals surface area contributed by atoms with E-state index in [9.17, 15) is 21.9 Å². The molecule has 0 aromatic heterocycles. The molecule has 11 nitrogen and oxygen atoms in total. The number of aliphatic hydroxyl groups is 1. The molecular weight excluding hydrogens is 629 g/mol. The van der Waals surface area contributed by atoms with Crippen molar-refractivity contribution in [1.29, 1.82) is 5.26 Å². The van der Waals surface area contributed by atoms with Crippen molar-refractivity contribution in [3.8, 4) is 22.9 Å². The molecule has 0 aliphatic carbocycles. The topological polar surface area (TPSA) is 149 Å². The fraction of sp³-hybridized carbons (Fsp3) is 0.424. The molecule has 2 N–H and O–H groups in total. The summed E-state index contributed by atoms with van der Waals surface area (Å²) in [6.45, 7) is 1.40. The highest BCUT2D eigenvalue weighted by Gasteiger charge is 2.44. The first kappa shape index (κ1) is 34.0. The van der Waals surface area contributed by atoms with E-state index in [-0.39, 0.29) is 29.0 Å². The molecule has 2 atom stereocenters. The molecule has 46 heavy (non-hydrogen) atoms. The average molecular weight is 669 g/mol. The maximum absolute atomic E-state index is 13.6. The van der Waals surface area contributed by atoms with E-state index in [1.54, 1.807) is 30.3 Å². The first-order valence-corrected chi connectivity index (χ1v) is 18.1. The summed E-state index contributed by atoms with van der Waals surface area (Å²) >= 11 is 0. The largest absolute Gasteiger partial charge is 0.491 e. The van der Waals surface area contributed by atoms with Gasteiger partial charge in [-0.05, 0) is 60.2 Å². The Bertz CT molecular complexity index is 1770. The molecular formula is C33H40N4O7S2. The van der Waals surface area contributed by atoms with Crippen molar-refractivity contribution < 1.29 is 31.4 Å². The van der Waals surface area contributed by atoms with Gasteiger partial charge in [0.05, 0.1) is 34.5 Å². The number of piperidine rings is 1. The van der Waals surface area contributed by atoms with E-state index in [0.717, 1.165) is 21.0 Å². The molecule has 13 heteroatoms. The Labute approximate surface area is 271 Å². The Morgan fingerprint density at radius 1 is 1.02 bits per heavy atom. The lowest BCUT2D eigenvalue weighted by molar-refractivity contribution is -0.0312. The lowest BCUT2D eigenvalue weighted by Gasteiger charge is -2.38. The van der Waals surface area contributed by atoms with Gasteiger partial charge in [-0.25, -0.2) is 21.1 Å². The zero-order chi connectivity index (χ0) is 33.0. The number of sulfonamides is 2. The average Bonchev–Trinajstić information content (AvgIpc) is 3.45. The molecule has 1 spiro atoms. The molecule has 5 rings (SSSR count). The minimum absolute atomic E-state index is 0.00241. The van der Waals surface area contributed by atoms with Gasteiger partial charge in [0.2, 0.25) is 20.0 Å². The van der Waals surface area contributed by atoms with Gasteiger partial charge in [0, 0.05) is 45.8 Å². The van der Waals surface area contributed by atoms with Crippen LogP contribution in [0, 0.1) is 11.3 Å². The van der Waals surface area contributed by atoms with Crippen LogP contribution in [-0.2, 0) is 31.2 Å². The summed E-state index contributed by atoms with van der Waals surface area (Å²) in [6.07, 6.45) is 1.34. The number of rotatable bonds is 12. The number of nitrogens with one attached hydrogen (secondary N) is 1. The molecule has 246 valence electrons. The number of hydrogen-bond acceptors (Lipinski definition) is 9. The van der Waals surface area contributed by atoms with Crippen LogP contribution in [0.2, 0.25) is 0 Å². The van der Waals surface area contributed by atoms with Gasteiger partial charge in [0.15, 0.2) is 0 Å². The lowest BCUT2D eigenvalue weighted by atomic mass is 9.88. The standard InChI is InChI=1S/C33H40N4O7S2/c1-36(2)45(39,40)32-8-4-6-30(20-32)43-24-29(38)22-35-28-21-33(44-23-28)14-17-37(18-15-33)46(41,42)31-7-3-5-27(19-31)26-11-9-25(10-12-26)13-16-34/h3-12,19-20,28-29,35,38H,13-15,17-18,21-24H2,1-2H3. The van der Waals surface area contributed by atoms with Crippen molar-refractivity contribution >= 4 is 20.0 Å². The molecule has 2 heterocycles. The van der Waals surface area contributed by atoms with Crippen molar-refractivity contribution in [1.82, 2.24) is 13.9 Å². The fourth-order valence-electron chi connectivity index (χ4n) is 5.84. The van der Waals surface area contributed by atoms with Crippen molar-refractivity contribution in [2.75, 3.05) is 46.9 Å². The summed E-state index contributed by atoms with van der Waals surface area (Å²) < 4.78 is 66.4. The van der Waals surface area contributed by atoms with Crippen molar-refractivity contribution in [3.63, 3.8) is 0 Å². The van der Waals surface area contributed by atoms with Gasteiger partial charge >= 0.3 is 0 Å². The Balaban J connectivity index is 1.10. The van der Waals surface area contributed by atoms with Crippen LogP contribution in [0.4, 0.5) is 0 Å². The Morgan fingerprint density at radius 3 is 2.41 bits per heavy atom. The quantitative estimate of drug-likeness (QED) is 0.297. The maximum Gasteiger partial charge on any atom is 0.243 e. The third-order valence-electron chi connectivity index (χ3n) is 8.55. The normalized spacial score (nSPS) is 19.2. The van der Waals surface area contributed by atoms with Gasteiger partial charge in [-0.3, -0.25) is 0 Å². The summed E-state index contributed by atoms with van der Waals surface area (Å²) in [5.41, 5.74) is 2.17. The Hall–Kier alpha value is -3.35. The molecule has 0 saturated carbocycles. The van der Waals surface area contributed by atoms with Crippen molar-refractivity contribution in [2.24, 2.45) is 0 Å². The van der Waals surface area contributed by atoms with Crippen LogP contribution in [0.15, 0.2) is 82.6 Å². The minimum Gasteiger partial charge on any atom is -0.491 e. The molecule has 0 amide bonds. The second kappa shape index (κ2) is 14.2. The van der Waals surface area contributed by atoms with Crippen LogP contribution in [0.5, 0.6) is 5.75 Å². The van der Waals surface area contributed by atoms with Gasteiger partial charge in [-0.1, -0.05) is 42.5 Å². The number of benzene rings is 3.